The van der Waals surface area contributed by atoms with Crippen molar-refractivity contribution in [2.45, 2.75) is 49.1 Å². The third-order valence-corrected chi connectivity index (χ3v) is 7.79. The summed E-state index contributed by atoms with van der Waals surface area (Å²) in [5.41, 5.74) is -5.62. The van der Waals surface area contributed by atoms with Gasteiger partial charge in [0.1, 0.15) is 6.04 Å². The van der Waals surface area contributed by atoms with Gasteiger partial charge in [0.15, 0.2) is 9.84 Å². The normalized spacial score (nSPS) is 16.2. The number of sulfone groups is 1. The molecular formula is C23H19F6N3O4S. The van der Waals surface area contributed by atoms with Gasteiger partial charge in [-0.3, -0.25) is 9.59 Å². The Balaban J connectivity index is 1.95. The maximum atomic E-state index is 13.4. The first-order valence-electron chi connectivity index (χ1n) is 10.6. The molecule has 1 atom stereocenters. The number of alkyl halides is 6. The standard InChI is InChI=1S/C23H19F6N3O4S/c1-3-37(35,36)17-8-9-18-14(10-17)11-32(13(2)33)19(18)20(34)31-16-6-4-15(5-7-16)21(12-30,22(24,25)26)23(27,28)29/h4-10,19H,3,11H2,1-2H3,(H,31,34). The zero-order valence-electron chi connectivity index (χ0n) is 19.2. The first kappa shape index (κ1) is 28.0. The lowest BCUT2D eigenvalue weighted by atomic mass is 9.80. The van der Waals surface area contributed by atoms with E-state index in [1.807, 2.05) is 0 Å². The van der Waals surface area contributed by atoms with E-state index in [0.717, 1.165) is 17.0 Å². The third-order valence-electron chi connectivity index (χ3n) is 6.06. The van der Waals surface area contributed by atoms with E-state index in [1.165, 1.54) is 32.0 Å². The Morgan fingerprint density at radius 1 is 1.05 bits per heavy atom. The summed E-state index contributed by atoms with van der Waals surface area (Å²) in [5.74, 6) is -1.52. The number of nitrogens with one attached hydrogen (secondary N) is 1. The molecule has 2 amide bonds. The fraction of sp³-hybridized carbons (Fsp3) is 0.348. The van der Waals surface area contributed by atoms with E-state index in [9.17, 15) is 44.3 Å². The van der Waals surface area contributed by atoms with Crippen molar-refractivity contribution in [1.29, 1.82) is 5.26 Å². The van der Waals surface area contributed by atoms with Crippen molar-refractivity contribution in [3.8, 4) is 6.07 Å². The van der Waals surface area contributed by atoms with Gasteiger partial charge in [0, 0.05) is 19.2 Å². The van der Waals surface area contributed by atoms with E-state index < -0.39 is 51.0 Å². The molecule has 0 aromatic heterocycles. The number of fused-ring (bicyclic) bond motifs is 1. The largest absolute Gasteiger partial charge is 0.420 e. The number of rotatable bonds is 5. The summed E-state index contributed by atoms with van der Waals surface area (Å²) in [4.78, 5) is 26.4. The lowest BCUT2D eigenvalue weighted by Crippen LogP contribution is -2.52. The Labute approximate surface area is 207 Å². The summed E-state index contributed by atoms with van der Waals surface area (Å²) in [6.45, 7) is 2.55. The molecule has 37 heavy (non-hydrogen) atoms. The number of amides is 2. The lowest BCUT2D eigenvalue weighted by Gasteiger charge is -2.31. The molecule has 1 aliphatic rings. The van der Waals surface area contributed by atoms with Crippen LogP contribution in [0.4, 0.5) is 32.0 Å². The highest BCUT2D eigenvalue weighted by Gasteiger charge is 2.72. The second-order valence-electron chi connectivity index (χ2n) is 8.24. The average Bonchev–Trinajstić information content (AvgIpc) is 3.18. The summed E-state index contributed by atoms with van der Waals surface area (Å²) >= 11 is 0. The predicted octanol–water partition coefficient (Wildman–Crippen LogP) is 4.41. The first-order valence-corrected chi connectivity index (χ1v) is 12.2. The minimum Gasteiger partial charge on any atom is -0.324 e. The lowest BCUT2D eigenvalue weighted by molar-refractivity contribution is -0.283. The highest BCUT2D eigenvalue weighted by atomic mass is 32.2. The fourth-order valence-corrected chi connectivity index (χ4v) is 4.99. The van der Waals surface area contributed by atoms with Crippen LogP contribution in [0.15, 0.2) is 47.4 Å². The molecule has 0 fully saturated rings. The van der Waals surface area contributed by atoms with E-state index in [-0.39, 0.29) is 22.9 Å². The van der Waals surface area contributed by atoms with Crippen LogP contribution in [-0.4, -0.2) is 43.2 Å². The predicted molar refractivity (Wildman–Crippen MR) is 118 cm³/mol. The summed E-state index contributed by atoms with van der Waals surface area (Å²) < 4.78 is 105. The smallest absolute Gasteiger partial charge is 0.324 e. The van der Waals surface area contributed by atoms with Crippen molar-refractivity contribution in [2.75, 3.05) is 11.1 Å². The minimum atomic E-state index is -5.97. The molecule has 1 unspecified atom stereocenters. The second kappa shape index (κ2) is 9.37. The second-order valence-corrected chi connectivity index (χ2v) is 10.5. The van der Waals surface area contributed by atoms with E-state index in [1.54, 1.807) is 0 Å². The number of benzene rings is 2. The van der Waals surface area contributed by atoms with Gasteiger partial charge < -0.3 is 10.2 Å². The molecule has 0 aliphatic carbocycles. The van der Waals surface area contributed by atoms with Gasteiger partial charge in [0.05, 0.1) is 16.7 Å². The Bertz CT molecular complexity index is 1370. The molecule has 1 aliphatic heterocycles. The van der Waals surface area contributed by atoms with Crippen LogP contribution in [0.25, 0.3) is 0 Å². The van der Waals surface area contributed by atoms with Gasteiger partial charge >= 0.3 is 12.4 Å². The van der Waals surface area contributed by atoms with Crippen molar-refractivity contribution in [3.63, 3.8) is 0 Å². The molecule has 0 saturated carbocycles. The maximum absolute atomic E-state index is 13.4. The Hall–Kier alpha value is -3.60. The SMILES string of the molecule is CCS(=O)(=O)c1ccc2c(c1)CN(C(C)=O)C2C(=O)Nc1ccc(C(C#N)(C(F)(F)F)C(F)(F)F)cc1. The van der Waals surface area contributed by atoms with E-state index in [4.69, 9.17) is 5.26 Å². The molecule has 7 nitrogen and oxygen atoms in total. The van der Waals surface area contributed by atoms with Crippen LogP contribution >= 0.6 is 0 Å². The molecule has 0 radical (unpaired) electrons. The maximum Gasteiger partial charge on any atom is 0.420 e. The number of carbonyl (C=O) groups is 2. The molecule has 0 saturated heterocycles. The molecule has 0 spiro atoms. The van der Waals surface area contributed by atoms with Crippen LogP contribution < -0.4 is 5.32 Å². The van der Waals surface area contributed by atoms with Gasteiger partial charge in [-0.05, 0) is 41.0 Å². The van der Waals surface area contributed by atoms with Gasteiger partial charge in [0.25, 0.3) is 11.3 Å². The first-order chi connectivity index (χ1) is 17.0. The summed E-state index contributed by atoms with van der Waals surface area (Å²) in [6.07, 6.45) is -11.9. The molecule has 14 heteroatoms. The van der Waals surface area contributed by atoms with Crippen LogP contribution in [0.2, 0.25) is 0 Å². The van der Waals surface area contributed by atoms with Crippen LogP contribution in [0.5, 0.6) is 0 Å². The van der Waals surface area contributed by atoms with Gasteiger partial charge in [-0.2, -0.15) is 31.6 Å². The number of halogens is 6. The number of carbonyl (C=O) groups excluding carboxylic acids is 2. The van der Waals surface area contributed by atoms with E-state index in [2.05, 4.69) is 5.32 Å². The highest BCUT2D eigenvalue weighted by molar-refractivity contribution is 7.91. The molecule has 2 aromatic rings. The van der Waals surface area contributed by atoms with Crippen LogP contribution in [0.1, 0.15) is 36.6 Å². The van der Waals surface area contributed by atoms with E-state index in [0.29, 0.717) is 29.3 Å². The van der Waals surface area contributed by atoms with Gasteiger partial charge in [-0.25, -0.2) is 8.42 Å². The van der Waals surface area contributed by atoms with Gasteiger partial charge in [0.2, 0.25) is 5.91 Å². The molecule has 198 valence electrons. The quantitative estimate of drug-likeness (QED) is 0.559. The Kier molecular flexibility index (Phi) is 7.08. The number of hydrogen-bond acceptors (Lipinski definition) is 5. The van der Waals surface area contributed by atoms with Gasteiger partial charge in [-0.1, -0.05) is 25.1 Å². The van der Waals surface area contributed by atoms with Crippen LogP contribution in [0.3, 0.4) is 0 Å². The average molecular weight is 547 g/mol. The van der Waals surface area contributed by atoms with Crippen molar-refractivity contribution in [3.05, 3.63) is 59.2 Å². The molecule has 1 heterocycles. The molecule has 2 aromatic carbocycles. The zero-order valence-corrected chi connectivity index (χ0v) is 20.1. The molecule has 0 bridgehead atoms. The third kappa shape index (κ3) is 4.75. The summed E-state index contributed by atoms with van der Waals surface area (Å²) in [7, 11) is -3.57. The topological polar surface area (TPSA) is 107 Å². The van der Waals surface area contributed by atoms with Crippen molar-refractivity contribution >= 4 is 27.3 Å². The number of nitrogens with zero attached hydrogens (tertiary/aromatic N) is 2. The molecule has 3 rings (SSSR count). The van der Waals surface area contributed by atoms with Crippen LogP contribution in [0, 0.1) is 11.3 Å². The Morgan fingerprint density at radius 2 is 1.62 bits per heavy atom. The summed E-state index contributed by atoms with van der Waals surface area (Å²) in [5, 5.41) is 11.2. The number of nitriles is 1. The molecule has 1 N–H and O–H groups in total. The number of anilines is 1. The van der Waals surface area contributed by atoms with Crippen molar-refractivity contribution in [2.24, 2.45) is 0 Å². The summed E-state index contributed by atoms with van der Waals surface area (Å²) in [6, 6.07) is 5.56. The van der Waals surface area contributed by atoms with Gasteiger partial charge in [-0.15, -0.1) is 0 Å². The fourth-order valence-electron chi connectivity index (χ4n) is 4.06. The number of hydrogen-bond donors (Lipinski definition) is 1. The monoisotopic (exact) mass is 547 g/mol. The minimum absolute atomic E-state index is 0.00389. The van der Waals surface area contributed by atoms with Crippen molar-refractivity contribution in [1.82, 2.24) is 4.90 Å². The van der Waals surface area contributed by atoms with E-state index >= 15 is 0 Å². The van der Waals surface area contributed by atoms with Crippen LogP contribution in [-0.2, 0) is 31.4 Å². The Morgan fingerprint density at radius 3 is 2.08 bits per heavy atom. The molecular weight excluding hydrogens is 528 g/mol. The van der Waals surface area contributed by atoms with Crippen molar-refractivity contribution < 1.29 is 44.3 Å². The zero-order chi connectivity index (χ0) is 28.0. The highest BCUT2D eigenvalue weighted by Crippen LogP contribution is 2.51.